The van der Waals surface area contributed by atoms with E-state index in [0.717, 1.165) is 30.0 Å². The number of benzene rings is 2. The van der Waals surface area contributed by atoms with Crippen LogP contribution in [0.1, 0.15) is 6.92 Å². The molecule has 4 rings (SSSR count). The molecule has 0 spiro atoms. The van der Waals surface area contributed by atoms with Crippen LogP contribution in [0.25, 0.3) is 20.7 Å². The number of rotatable bonds is 7. The van der Waals surface area contributed by atoms with E-state index in [9.17, 15) is 13.2 Å². The maximum Gasteiger partial charge on any atom is 0.242 e. The van der Waals surface area contributed by atoms with Crippen LogP contribution in [0.5, 0.6) is 0 Å². The summed E-state index contributed by atoms with van der Waals surface area (Å²) in [5, 5.41) is 3.98. The first-order chi connectivity index (χ1) is 15.8. The zero-order chi connectivity index (χ0) is 23.6. The number of sulfonamides is 1. The highest BCUT2D eigenvalue weighted by molar-refractivity contribution is 8.00. The number of aromatic nitrogens is 2. The van der Waals surface area contributed by atoms with Gasteiger partial charge < -0.3 is 5.32 Å². The molecule has 7 nitrogen and oxygen atoms in total. The highest BCUT2D eigenvalue weighted by Crippen LogP contribution is 2.37. The highest BCUT2D eigenvalue weighted by atomic mass is 32.2. The molecule has 1 atom stereocenters. The van der Waals surface area contributed by atoms with Gasteiger partial charge in [-0.05, 0) is 36.8 Å². The summed E-state index contributed by atoms with van der Waals surface area (Å²) in [5.74, 6) is -0.246. The number of nitrogens with zero attached hydrogens (tertiary/aromatic N) is 3. The fraction of sp³-hybridized carbons (Fsp3) is 0.174. The Kier molecular flexibility index (Phi) is 6.80. The molecule has 0 aliphatic carbocycles. The number of thiophene rings is 1. The standard InChI is InChI=1S/C23H22N4O3S3/c1-15(21(28)26-17-10-7-11-18(12-17)33(29,30)27(2)3)31-22-19-13-20(16-8-5-4-6-9-16)32-23(19)25-14-24-22/h4-15H,1-3H3,(H,26,28). The van der Waals surface area contributed by atoms with Gasteiger partial charge >= 0.3 is 0 Å². The number of amides is 1. The zero-order valence-corrected chi connectivity index (χ0v) is 20.7. The molecule has 2 heterocycles. The molecule has 2 aromatic carbocycles. The Morgan fingerprint density at radius 1 is 1.06 bits per heavy atom. The van der Waals surface area contributed by atoms with Crippen LogP contribution in [0.3, 0.4) is 0 Å². The van der Waals surface area contributed by atoms with Gasteiger partial charge in [-0.3, -0.25) is 4.79 Å². The minimum Gasteiger partial charge on any atom is -0.325 e. The summed E-state index contributed by atoms with van der Waals surface area (Å²) in [4.78, 5) is 23.7. The van der Waals surface area contributed by atoms with Crippen LogP contribution in [0.15, 0.2) is 76.9 Å². The molecule has 170 valence electrons. The lowest BCUT2D eigenvalue weighted by molar-refractivity contribution is -0.115. The maximum atomic E-state index is 12.8. The zero-order valence-electron chi connectivity index (χ0n) is 18.2. The van der Waals surface area contributed by atoms with E-state index in [2.05, 4.69) is 21.4 Å². The lowest BCUT2D eigenvalue weighted by atomic mass is 10.2. The monoisotopic (exact) mass is 498 g/mol. The molecule has 0 bridgehead atoms. The van der Waals surface area contributed by atoms with Crippen LogP contribution < -0.4 is 5.32 Å². The third-order valence-electron chi connectivity index (χ3n) is 4.89. The van der Waals surface area contributed by atoms with Crippen molar-refractivity contribution in [3.63, 3.8) is 0 Å². The normalized spacial score (nSPS) is 12.7. The first-order valence-electron chi connectivity index (χ1n) is 10.1. The van der Waals surface area contributed by atoms with E-state index in [1.807, 2.05) is 30.3 Å². The molecule has 0 aliphatic heterocycles. The summed E-state index contributed by atoms with van der Waals surface area (Å²) in [6.07, 6.45) is 1.51. The fourth-order valence-electron chi connectivity index (χ4n) is 3.08. The molecule has 1 N–H and O–H groups in total. The Morgan fingerprint density at radius 2 is 1.82 bits per heavy atom. The second-order valence-electron chi connectivity index (χ2n) is 7.44. The summed E-state index contributed by atoms with van der Waals surface area (Å²) in [7, 11) is -0.653. The molecule has 1 amide bonds. The number of fused-ring (bicyclic) bond motifs is 1. The summed E-state index contributed by atoms with van der Waals surface area (Å²) in [6.45, 7) is 1.79. The van der Waals surface area contributed by atoms with Crippen LogP contribution >= 0.6 is 23.1 Å². The molecule has 0 saturated carbocycles. The minimum atomic E-state index is -3.59. The van der Waals surface area contributed by atoms with E-state index in [1.54, 1.807) is 30.4 Å². The van der Waals surface area contributed by atoms with Crippen LogP contribution in [0.2, 0.25) is 0 Å². The van der Waals surface area contributed by atoms with Gasteiger partial charge in [0, 0.05) is 30.0 Å². The number of carbonyl (C=O) groups excluding carboxylic acids is 1. The van der Waals surface area contributed by atoms with Gasteiger partial charge in [0.2, 0.25) is 15.9 Å². The third kappa shape index (κ3) is 5.09. The molecule has 0 fully saturated rings. The van der Waals surface area contributed by atoms with Crippen molar-refractivity contribution >= 4 is 54.9 Å². The van der Waals surface area contributed by atoms with Crippen LogP contribution in [-0.4, -0.2) is 47.9 Å². The Labute approximate surface area is 200 Å². The summed E-state index contributed by atoms with van der Waals surface area (Å²) in [5.41, 5.74) is 1.53. The topological polar surface area (TPSA) is 92.3 Å². The van der Waals surface area contributed by atoms with Crippen LogP contribution in [-0.2, 0) is 14.8 Å². The summed E-state index contributed by atoms with van der Waals surface area (Å²) >= 11 is 2.92. The fourth-order valence-corrected chi connectivity index (χ4v) is 5.99. The molecular formula is C23H22N4O3S3. The Morgan fingerprint density at radius 3 is 2.55 bits per heavy atom. The molecule has 4 aromatic rings. The average Bonchev–Trinajstić information content (AvgIpc) is 3.25. The molecule has 10 heteroatoms. The van der Waals surface area contributed by atoms with Crippen molar-refractivity contribution in [1.29, 1.82) is 0 Å². The van der Waals surface area contributed by atoms with Crippen molar-refractivity contribution in [2.45, 2.75) is 22.1 Å². The second kappa shape index (κ2) is 9.60. The first-order valence-corrected chi connectivity index (χ1v) is 13.2. The van der Waals surface area contributed by atoms with Gasteiger partial charge in [0.15, 0.2) is 0 Å². The number of anilines is 1. The second-order valence-corrected chi connectivity index (χ2v) is 12.0. The van der Waals surface area contributed by atoms with E-state index < -0.39 is 15.3 Å². The summed E-state index contributed by atoms with van der Waals surface area (Å²) < 4.78 is 25.9. The first kappa shape index (κ1) is 23.4. The largest absolute Gasteiger partial charge is 0.325 e. The Bertz CT molecular complexity index is 1400. The Hall–Kier alpha value is -2.79. The number of hydrogen-bond acceptors (Lipinski definition) is 7. The van der Waals surface area contributed by atoms with Gasteiger partial charge in [-0.15, -0.1) is 11.3 Å². The number of nitrogens with one attached hydrogen (secondary N) is 1. The van der Waals surface area contributed by atoms with E-state index in [4.69, 9.17) is 0 Å². The van der Waals surface area contributed by atoms with Crippen molar-refractivity contribution in [1.82, 2.24) is 14.3 Å². The SMILES string of the molecule is CC(Sc1ncnc2sc(-c3ccccc3)cc12)C(=O)Nc1cccc(S(=O)(=O)N(C)C)c1. The van der Waals surface area contributed by atoms with E-state index in [0.29, 0.717) is 5.69 Å². The molecule has 1 unspecified atom stereocenters. The van der Waals surface area contributed by atoms with E-state index in [-0.39, 0.29) is 10.8 Å². The van der Waals surface area contributed by atoms with Crippen molar-refractivity contribution in [3.05, 3.63) is 67.0 Å². The predicted octanol–water partition coefficient (Wildman–Crippen LogP) is 4.73. The quantitative estimate of drug-likeness (QED) is 0.293. The molecule has 0 aliphatic rings. The highest BCUT2D eigenvalue weighted by Gasteiger charge is 2.21. The van der Waals surface area contributed by atoms with Crippen LogP contribution in [0, 0.1) is 0 Å². The van der Waals surface area contributed by atoms with Crippen molar-refractivity contribution in [2.75, 3.05) is 19.4 Å². The van der Waals surface area contributed by atoms with Crippen LogP contribution in [0.4, 0.5) is 5.69 Å². The van der Waals surface area contributed by atoms with Gasteiger partial charge in [0.05, 0.1) is 10.1 Å². The molecular weight excluding hydrogens is 476 g/mol. The van der Waals surface area contributed by atoms with Gasteiger partial charge in [0.1, 0.15) is 16.2 Å². The van der Waals surface area contributed by atoms with Gasteiger partial charge in [-0.25, -0.2) is 22.7 Å². The molecule has 0 saturated heterocycles. The molecule has 33 heavy (non-hydrogen) atoms. The lowest BCUT2D eigenvalue weighted by Gasteiger charge is -2.14. The van der Waals surface area contributed by atoms with Gasteiger partial charge in [-0.2, -0.15) is 0 Å². The lowest BCUT2D eigenvalue weighted by Crippen LogP contribution is -2.24. The molecule has 2 aromatic heterocycles. The number of thioether (sulfide) groups is 1. The minimum absolute atomic E-state index is 0.120. The van der Waals surface area contributed by atoms with Crippen molar-refractivity contribution in [2.24, 2.45) is 0 Å². The molecule has 0 radical (unpaired) electrons. The average molecular weight is 499 g/mol. The van der Waals surface area contributed by atoms with Crippen molar-refractivity contribution in [3.8, 4) is 10.4 Å². The number of hydrogen-bond donors (Lipinski definition) is 1. The third-order valence-corrected chi connectivity index (χ3v) is 8.91. The van der Waals surface area contributed by atoms with E-state index >= 15 is 0 Å². The van der Waals surface area contributed by atoms with E-state index in [1.165, 1.54) is 44.3 Å². The summed E-state index contributed by atoms with van der Waals surface area (Å²) in [6, 6.07) is 18.3. The number of carbonyl (C=O) groups is 1. The van der Waals surface area contributed by atoms with Crippen molar-refractivity contribution < 1.29 is 13.2 Å². The Balaban J connectivity index is 1.52. The predicted molar refractivity (Wildman–Crippen MR) is 134 cm³/mol. The smallest absolute Gasteiger partial charge is 0.242 e. The maximum absolute atomic E-state index is 12.8. The van der Waals surface area contributed by atoms with Gasteiger partial charge in [0.25, 0.3) is 0 Å². The van der Waals surface area contributed by atoms with Gasteiger partial charge in [-0.1, -0.05) is 48.2 Å².